The van der Waals surface area contributed by atoms with Crippen LogP contribution in [0.1, 0.15) is 11.4 Å². The zero-order chi connectivity index (χ0) is 14.1. The average molecular weight is 305 g/mol. The van der Waals surface area contributed by atoms with Crippen LogP contribution in [-0.2, 0) is 6.42 Å². The second-order valence-corrected chi connectivity index (χ2v) is 5.54. The molecule has 4 heteroatoms. The third-order valence-electron chi connectivity index (χ3n) is 3.36. The molecule has 0 aliphatic heterocycles. The SMILES string of the molecule is Cc1cccc2c1nc(CCCl)n2-c1ccc(Cl)cc1. The molecule has 2 nitrogen and oxygen atoms in total. The van der Waals surface area contributed by atoms with E-state index in [1.807, 2.05) is 24.3 Å². The van der Waals surface area contributed by atoms with Crippen molar-refractivity contribution in [3.63, 3.8) is 0 Å². The summed E-state index contributed by atoms with van der Waals surface area (Å²) in [5, 5.41) is 0.730. The summed E-state index contributed by atoms with van der Waals surface area (Å²) in [5.74, 6) is 1.53. The summed E-state index contributed by atoms with van der Waals surface area (Å²) in [4.78, 5) is 4.75. The normalized spacial score (nSPS) is 11.2. The van der Waals surface area contributed by atoms with Gasteiger partial charge in [0.25, 0.3) is 0 Å². The molecule has 0 aliphatic carbocycles. The number of hydrogen-bond donors (Lipinski definition) is 0. The van der Waals surface area contributed by atoms with Crippen molar-refractivity contribution in [1.29, 1.82) is 0 Å². The van der Waals surface area contributed by atoms with Crippen LogP contribution in [0.15, 0.2) is 42.5 Å². The van der Waals surface area contributed by atoms with Crippen molar-refractivity contribution in [3.8, 4) is 5.69 Å². The second kappa shape index (κ2) is 5.47. The van der Waals surface area contributed by atoms with Gasteiger partial charge in [0.05, 0.1) is 11.0 Å². The molecule has 0 radical (unpaired) electrons. The third-order valence-corrected chi connectivity index (χ3v) is 3.80. The van der Waals surface area contributed by atoms with Gasteiger partial charge in [-0.05, 0) is 42.8 Å². The standard InChI is InChI=1S/C16H14Cl2N2/c1-11-3-2-4-14-16(11)19-15(9-10-17)20(14)13-7-5-12(18)6-8-13/h2-8H,9-10H2,1H3. The molecule has 0 aliphatic rings. The minimum absolute atomic E-state index is 0.552. The average Bonchev–Trinajstić information content (AvgIpc) is 2.80. The van der Waals surface area contributed by atoms with E-state index >= 15 is 0 Å². The van der Waals surface area contributed by atoms with Gasteiger partial charge < -0.3 is 0 Å². The Kier molecular flexibility index (Phi) is 3.68. The van der Waals surface area contributed by atoms with Gasteiger partial charge in [0, 0.05) is 23.0 Å². The van der Waals surface area contributed by atoms with E-state index in [9.17, 15) is 0 Å². The van der Waals surface area contributed by atoms with Gasteiger partial charge in [-0.3, -0.25) is 4.57 Å². The number of fused-ring (bicyclic) bond motifs is 1. The fourth-order valence-corrected chi connectivity index (χ4v) is 2.71. The number of halogens is 2. The molecule has 102 valence electrons. The molecule has 3 aromatic rings. The first-order valence-corrected chi connectivity index (χ1v) is 7.41. The highest BCUT2D eigenvalue weighted by Gasteiger charge is 2.13. The summed E-state index contributed by atoms with van der Waals surface area (Å²) in [6.45, 7) is 2.08. The molecule has 0 N–H and O–H groups in total. The number of imidazole rings is 1. The van der Waals surface area contributed by atoms with Crippen LogP contribution >= 0.6 is 23.2 Å². The van der Waals surface area contributed by atoms with E-state index < -0.39 is 0 Å². The number of nitrogens with zero attached hydrogens (tertiary/aromatic N) is 2. The van der Waals surface area contributed by atoms with Crippen LogP contribution in [0.5, 0.6) is 0 Å². The second-order valence-electron chi connectivity index (χ2n) is 4.72. The highest BCUT2D eigenvalue weighted by Crippen LogP contribution is 2.25. The molecule has 3 rings (SSSR count). The minimum atomic E-state index is 0.552. The van der Waals surface area contributed by atoms with E-state index in [-0.39, 0.29) is 0 Å². The largest absolute Gasteiger partial charge is 0.296 e. The van der Waals surface area contributed by atoms with Crippen LogP contribution < -0.4 is 0 Å². The van der Waals surface area contributed by atoms with Crippen molar-refractivity contribution in [2.75, 3.05) is 5.88 Å². The highest BCUT2D eigenvalue weighted by atomic mass is 35.5. The van der Waals surface area contributed by atoms with Crippen molar-refractivity contribution in [2.45, 2.75) is 13.3 Å². The molecule has 1 heterocycles. The molecule has 0 saturated carbocycles. The monoisotopic (exact) mass is 304 g/mol. The molecular formula is C16H14Cl2N2. The van der Waals surface area contributed by atoms with E-state index in [1.165, 1.54) is 5.56 Å². The van der Waals surface area contributed by atoms with Crippen LogP contribution in [0, 0.1) is 6.92 Å². The summed E-state index contributed by atoms with van der Waals surface area (Å²) in [7, 11) is 0. The van der Waals surface area contributed by atoms with Crippen molar-refractivity contribution in [1.82, 2.24) is 9.55 Å². The molecule has 0 fully saturated rings. The summed E-state index contributed by atoms with van der Waals surface area (Å²) in [5.41, 5.74) is 4.36. The summed E-state index contributed by atoms with van der Waals surface area (Å²) in [6.07, 6.45) is 0.734. The van der Waals surface area contributed by atoms with Gasteiger partial charge in [-0.15, -0.1) is 11.6 Å². The Morgan fingerprint density at radius 1 is 1.10 bits per heavy atom. The molecular weight excluding hydrogens is 291 g/mol. The number of aromatic nitrogens is 2. The Morgan fingerprint density at radius 3 is 2.55 bits per heavy atom. The minimum Gasteiger partial charge on any atom is -0.296 e. The maximum absolute atomic E-state index is 5.97. The Hall–Kier alpha value is -1.51. The maximum atomic E-state index is 5.97. The highest BCUT2D eigenvalue weighted by molar-refractivity contribution is 6.30. The lowest BCUT2D eigenvalue weighted by molar-refractivity contribution is 0.912. The lowest BCUT2D eigenvalue weighted by Crippen LogP contribution is -2.01. The van der Waals surface area contributed by atoms with Crippen molar-refractivity contribution in [3.05, 3.63) is 58.9 Å². The topological polar surface area (TPSA) is 17.8 Å². The first-order valence-electron chi connectivity index (χ1n) is 6.49. The maximum Gasteiger partial charge on any atom is 0.115 e. The molecule has 1 aromatic heterocycles. The number of para-hydroxylation sites is 1. The first-order chi connectivity index (χ1) is 9.70. The number of rotatable bonds is 3. The van der Waals surface area contributed by atoms with Crippen LogP contribution in [0.4, 0.5) is 0 Å². The molecule has 2 aromatic carbocycles. The van der Waals surface area contributed by atoms with E-state index in [0.29, 0.717) is 5.88 Å². The third kappa shape index (κ3) is 2.30. The Labute approximate surface area is 128 Å². The Morgan fingerprint density at radius 2 is 1.85 bits per heavy atom. The van der Waals surface area contributed by atoms with Crippen LogP contribution in [0.3, 0.4) is 0 Å². The number of aryl methyl sites for hydroxylation is 2. The smallest absolute Gasteiger partial charge is 0.115 e. The zero-order valence-corrected chi connectivity index (χ0v) is 12.6. The fourth-order valence-electron chi connectivity index (χ4n) is 2.42. The summed E-state index contributed by atoms with van der Waals surface area (Å²) >= 11 is 11.9. The number of benzene rings is 2. The van der Waals surface area contributed by atoms with Gasteiger partial charge in [0.1, 0.15) is 5.82 Å². The molecule has 0 spiro atoms. The number of hydrogen-bond acceptors (Lipinski definition) is 1. The molecule has 0 saturated heterocycles. The quantitative estimate of drug-likeness (QED) is 0.637. The first kappa shape index (κ1) is 13.5. The van der Waals surface area contributed by atoms with Crippen LogP contribution in [0.2, 0.25) is 5.02 Å². The van der Waals surface area contributed by atoms with Crippen molar-refractivity contribution < 1.29 is 0 Å². The van der Waals surface area contributed by atoms with Crippen LogP contribution in [-0.4, -0.2) is 15.4 Å². The van der Waals surface area contributed by atoms with Gasteiger partial charge in [-0.2, -0.15) is 0 Å². The molecule has 0 amide bonds. The zero-order valence-electron chi connectivity index (χ0n) is 11.1. The van der Waals surface area contributed by atoms with Gasteiger partial charge in [-0.1, -0.05) is 23.7 Å². The van der Waals surface area contributed by atoms with Gasteiger partial charge in [0.15, 0.2) is 0 Å². The molecule has 20 heavy (non-hydrogen) atoms. The lowest BCUT2D eigenvalue weighted by Gasteiger charge is -2.08. The van der Waals surface area contributed by atoms with E-state index in [2.05, 4.69) is 29.7 Å². The summed E-state index contributed by atoms with van der Waals surface area (Å²) < 4.78 is 2.15. The predicted molar refractivity (Wildman–Crippen MR) is 85.2 cm³/mol. The lowest BCUT2D eigenvalue weighted by atomic mass is 10.2. The van der Waals surface area contributed by atoms with Gasteiger partial charge >= 0.3 is 0 Å². The molecule has 0 atom stereocenters. The molecule has 0 bridgehead atoms. The van der Waals surface area contributed by atoms with E-state index in [0.717, 1.165) is 34.0 Å². The van der Waals surface area contributed by atoms with Gasteiger partial charge in [-0.25, -0.2) is 4.98 Å². The fraction of sp³-hybridized carbons (Fsp3) is 0.188. The van der Waals surface area contributed by atoms with Gasteiger partial charge in [0.2, 0.25) is 0 Å². The Bertz CT molecular complexity index is 745. The van der Waals surface area contributed by atoms with Crippen LogP contribution in [0.25, 0.3) is 16.7 Å². The van der Waals surface area contributed by atoms with Crippen molar-refractivity contribution in [2.24, 2.45) is 0 Å². The predicted octanol–water partition coefficient (Wildman–Crippen LogP) is 4.77. The number of alkyl halides is 1. The van der Waals surface area contributed by atoms with Crippen molar-refractivity contribution >= 4 is 34.2 Å². The summed E-state index contributed by atoms with van der Waals surface area (Å²) in [6, 6.07) is 14.0. The molecule has 0 unspecified atom stereocenters. The van der Waals surface area contributed by atoms with E-state index in [1.54, 1.807) is 0 Å². The van der Waals surface area contributed by atoms with E-state index in [4.69, 9.17) is 28.2 Å². The Balaban J connectivity index is 2.28.